The minimum Gasteiger partial charge on any atom is -0.384 e. The summed E-state index contributed by atoms with van der Waals surface area (Å²) >= 11 is 0. The normalized spacial score (nSPS) is 22.2. The SMILES string of the molecule is CC1CC(Cn2nc(-c3cc[nH]c(=O)c3)cc2N)C1. The van der Waals surface area contributed by atoms with Crippen LogP contribution in [0.2, 0.25) is 0 Å². The molecule has 19 heavy (non-hydrogen) atoms. The van der Waals surface area contributed by atoms with Gasteiger partial charge in [0.1, 0.15) is 5.82 Å². The first-order chi connectivity index (χ1) is 9.11. The predicted octanol–water partition coefficient (Wildman–Crippen LogP) is 1.87. The molecule has 0 amide bonds. The van der Waals surface area contributed by atoms with Crippen LogP contribution in [-0.4, -0.2) is 14.8 Å². The Morgan fingerprint density at radius 3 is 2.95 bits per heavy atom. The highest BCUT2D eigenvalue weighted by atomic mass is 16.1. The van der Waals surface area contributed by atoms with Crippen LogP contribution in [0.15, 0.2) is 29.2 Å². The van der Waals surface area contributed by atoms with E-state index in [4.69, 9.17) is 5.73 Å². The van der Waals surface area contributed by atoms with Crippen LogP contribution in [0.1, 0.15) is 19.8 Å². The van der Waals surface area contributed by atoms with Crippen molar-refractivity contribution < 1.29 is 0 Å². The third-order valence-electron chi connectivity index (χ3n) is 3.78. The molecule has 0 saturated heterocycles. The molecule has 1 fully saturated rings. The van der Waals surface area contributed by atoms with Gasteiger partial charge in [-0.05, 0) is 30.7 Å². The van der Waals surface area contributed by atoms with Gasteiger partial charge in [-0.25, -0.2) is 4.68 Å². The first-order valence-electron chi connectivity index (χ1n) is 6.64. The van der Waals surface area contributed by atoms with Gasteiger partial charge in [-0.15, -0.1) is 0 Å². The Morgan fingerprint density at radius 2 is 2.26 bits per heavy atom. The lowest BCUT2D eigenvalue weighted by molar-refractivity contribution is 0.183. The smallest absolute Gasteiger partial charge is 0.248 e. The summed E-state index contributed by atoms with van der Waals surface area (Å²) in [5.41, 5.74) is 7.43. The summed E-state index contributed by atoms with van der Waals surface area (Å²) in [6, 6.07) is 5.20. The van der Waals surface area contributed by atoms with Crippen molar-refractivity contribution in [3.63, 3.8) is 0 Å². The number of aromatic nitrogens is 3. The molecule has 100 valence electrons. The Hall–Kier alpha value is -2.04. The maximum absolute atomic E-state index is 11.3. The predicted molar refractivity (Wildman–Crippen MR) is 74.6 cm³/mol. The molecule has 0 spiro atoms. The van der Waals surface area contributed by atoms with Crippen LogP contribution in [0.4, 0.5) is 5.82 Å². The van der Waals surface area contributed by atoms with Gasteiger partial charge in [0.15, 0.2) is 0 Å². The van der Waals surface area contributed by atoms with Crippen LogP contribution < -0.4 is 11.3 Å². The summed E-state index contributed by atoms with van der Waals surface area (Å²) in [6.07, 6.45) is 4.12. The van der Waals surface area contributed by atoms with Gasteiger partial charge in [-0.1, -0.05) is 6.92 Å². The van der Waals surface area contributed by atoms with E-state index in [2.05, 4.69) is 17.0 Å². The zero-order valence-electron chi connectivity index (χ0n) is 11.0. The number of hydrogen-bond donors (Lipinski definition) is 2. The lowest BCUT2D eigenvalue weighted by Crippen LogP contribution is -2.26. The Balaban J connectivity index is 1.83. The maximum Gasteiger partial charge on any atom is 0.248 e. The summed E-state index contributed by atoms with van der Waals surface area (Å²) in [5.74, 6) is 2.17. The minimum absolute atomic E-state index is 0.126. The van der Waals surface area contributed by atoms with Gasteiger partial charge in [0.2, 0.25) is 5.56 Å². The third-order valence-corrected chi connectivity index (χ3v) is 3.78. The van der Waals surface area contributed by atoms with Crippen molar-refractivity contribution in [2.24, 2.45) is 11.8 Å². The van der Waals surface area contributed by atoms with Crippen LogP contribution in [0, 0.1) is 11.8 Å². The standard InChI is InChI=1S/C14H18N4O/c1-9-4-10(5-9)8-18-13(15)7-12(17-18)11-2-3-16-14(19)6-11/h2-3,6-7,9-10H,4-5,8,15H2,1H3,(H,16,19). The average molecular weight is 258 g/mol. The quantitative estimate of drug-likeness (QED) is 0.882. The van der Waals surface area contributed by atoms with E-state index in [1.165, 1.54) is 18.9 Å². The zero-order chi connectivity index (χ0) is 13.4. The number of anilines is 1. The van der Waals surface area contributed by atoms with E-state index in [-0.39, 0.29) is 5.56 Å². The van der Waals surface area contributed by atoms with Crippen LogP contribution in [0.5, 0.6) is 0 Å². The number of nitrogens with one attached hydrogen (secondary N) is 1. The van der Waals surface area contributed by atoms with Crippen molar-refractivity contribution in [1.82, 2.24) is 14.8 Å². The number of H-pyrrole nitrogens is 1. The number of pyridine rings is 1. The molecule has 2 aromatic rings. The fraction of sp³-hybridized carbons (Fsp3) is 0.429. The highest BCUT2D eigenvalue weighted by molar-refractivity contribution is 5.61. The summed E-state index contributed by atoms with van der Waals surface area (Å²) in [4.78, 5) is 13.9. The lowest BCUT2D eigenvalue weighted by Gasteiger charge is -2.32. The van der Waals surface area contributed by atoms with Crippen molar-refractivity contribution >= 4 is 5.82 Å². The van der Waals surface area contributed by atoms with Gasteiger partial charge in [-0.2, -0.15) is 5.10 Å². The largest absolute Gasteiger partial charge is 0.384 e. The van der Waals surface area contributed by atoms with Crippen molar-refractivity contribution in [3.05, 3.63) is 34.7 Å². The van der Waals surface area contributed by atoms with E-state index in [1.807, 2.05) is 16.8 Å². The Kier molecular flexibility index (Phi) is 2.89. The first-order valence-corrected chi connectivity index (χ1v) is 6.64. The van der Waals surface area contributed by atoms with E-state index >= 15 is 0 Å². The van der Waals surface area contributed by atoms with Gasteiger partial charge in [0.05, 0.1) is 5.69 Å². The molecule has 3 rings (SSSR count). The molecule has 0 aromatic carbocycles. The van der Waals surface area contributed by atoms with Crippen LogP contribution >= 0.6 is 0 Å². The number of aromatic amines is 1. The molecule has 2 heterocycles. The second kappa shape index (κ2) is 4.57. The fourth-order valence-electron chi connectivity index (χ4n) is 2.79. The van der Waals surface area contributed by atoms with E-state index in [0.29, 0.717) is 11.7 Å². The number of nitrogens with two attached hydrogens (primary N) is 1. The third kappa shape index (κ3) is 2.41. The summed E-state index contributed by atoms with van der Waals surface area (Å²) in [7, 11) is 0. The molecule has 0 unspecified atom stereocenters. The fourth-order valence-corrected chi connectivity index (χ4v) is 2.79. The van der Waals surface area contributed by atoms with Crippen LogP contribution in [0.3, 0.4) is 0 Å². The Morgan fingerprint density at radius 1 is 1.47 bits per heavy atom. The van der Waals surface area contributed by atoms with Gasteiger partial charge < -0.3 is 10.7 Å². The monoisotopic (exact) mass is 258 g/mol. The summed E-state index contributed by atoms with van der Waals surface area (Å²) in [6.45, 7) is 3.14. The van der Waals surface area contributed by atoms with E-state index in [0.717, 1.165) is 23.7 Å². The number of nitrogens with zero attached hydrogens (tertiary/aromatic N) is 2. The summed E-state index contributed by atoms with van der Waals surface area (Å²) < 4.78 is 1.85. The topological polar surface area (TPSA) is 76.7 Å². The zero-order valence-corrected chi connectivity index (χ0v) is 11.0. The molecular weight excluding hydrogens is 240 g/mol. The Bertz CT molecular complexity index is 637. The number of nitrogen functional groups attached to an aromatic ring is 1. The van der Waals surface area contributed by atoms with Crippen LogP contribution in [0.25, 0.3) is 11.3 Å². The van der Waals surface area contributed by atoms with Crippen molar-refractivity contribution in [3.8, 4) is 11.3 Å². The summed E-state index contributed by atoms with van der Waals surface area (Å²) in [5, 5.41) is 4.51. The molecule has 0 radical (unpaired) electrons. The van der Waals surface area contributed by atoms with Crippen molar-refractivity contribution in [2.45, 2.75) is 26.3 Å². The molecule has 1 aliphatic rings. The number of hydrogen-bond acceptors (Lipinski definition) is 3. The molecular formula is C14H18N4O. The van der Waals surface area contributed by atoms with Gasteiger partial charge in [0.25, 0.3) is 0 Å². The maximum atomic E-state index is 11.3. The molecule has 2 aromatic heterocycles. The highest BCUT2D eigenvalue weighted by Crippen LogP contribution is 2.34. The lowest BCUT2D eigenvalue weighted by atomic mass is 9.76. The molecule has 5 heteroatoms. The number of rotatable bonds is 3. The molecule has 3 N–H and O–H groups in total. The molecule has 0 atom stereocenters. The van der Waals surface area contributed by atoms with Crippen molar-refractivity contribution in [2.75, 3.05) is 5.73 Å². The van der Waals surface area contributed by atoms with E-state index < -0.39 is 0 Å². The van der Waals surface area contributed by atoms with E-state index in [9.17, 15) is 4.79 Å². The van der Waals surface area contributed by atoms with Gasteiger partial charge >= 0.3 is 0 Å². The van der Waals surface area contributed by atoms with Crippen LogP contribution in [-0.2, 0) is 6.54 Å². The molecule has 0 aliphatic heterocycles. The molecule has 0 bridgehead atoms. The Labute approximate surface area is 111 Å². The first kappa shape index (κ1) is 12.0. The highest BCUT2D eigenvalue weighted by Gasteiger charge is 2.26. The minimum atomic E-state index is -0.126. The second-order valence-electron chi connectivity index (χ2n) is 5.52. The van der Waals surface area contributed by atoms with E-state index in [1.54, 1.807) is 6.20 Å². The average Bonchev–Trinajstić information content (AvgIpc) is 2.69. The molecule has 1 aliphatic carbocycles. The second-order valence-corrected chi connectivity index (χ2v) is 5.52. The van der Waals surface area contributed by atoms with Gasteiger partial charge in [-0.3, -0.25) is 4.79 Å². The molecule has 1 saturated carbocycles. The van der Waals surface area contributed by atoms with Gasteiger partial charge in [0, 0.05) is 30.4 Å². The molecule has 5 nitrogen and oxygen atoms in total. The van der Waals surface area contributed by atoms with Crippen molar-refractivity contribution in [1.29, 1.82) is 0 Å².